The summed E-state index contributed by atoms with van der Waals surface area (Å²) in [5.74, 6) is -1.17. The summed E-state index contributed by atoms with van der Waals surface area (Å²) in [7, 11) is 0. The lowest BCUT2D eigenvalue weighted by atomic mass is 10.1. The van der Waals surface area contributed by atoms with Crippen LogP contribution in [-0.2, 0) is 4.74 Å². The molecule has 0 saturated carbocycles. The molecule has 0 atom stereocenters. The fourth-order valence-corrected chi connectivity index (χ4v) is 2.00. The fourth-order valence-electron chi connectivity index (χ4n) is 1.84. The first-order chi connectivity index (χ1) is 9.93. The second-order valence-corrected chi connectivity index (χ2v) is 5.17. The number of hydrogen-bond acceptors (Lipinski definition) is 4. The molecule has 0 bridgehead atoms. The van der Waals surface area contributed by atoms with E-state index in [1.807, 2.05) is 13.8 Å². The van der Waals surface area contributed by atoms with Gasteiger partial charge in [-0.15, -0.1) is 0 Å². The minimum Gasteiger partial charge on any atom is -0.460 e. The Labute approximate surface area is 126 Å². The van der Waals surface area contributed by atoms with Crippen LogP contribution in [0, 0.1) is 5.82 Å². The van der Waals surface area contributed by atoms with Crippen LogP contribution in [-0.4, -0.2) is 17.6 Å². The molecule has 1 heterocycles. The maximum atomic E-state index is 13.9. The highest BCUT2D eigenvalue weighted by molar-refractivity contribution is 6.30. The predicted molar refractivity (Wildman–Crippen MR) is 77.0 cm³/mol. The molecule has 112 valence electrons. The van der Waals surface area contributed by atoms with E-state index in [4.69, 9.17) is 20.8 Å². The maximum absolute atomic E-state index is 13.9. The molecule has 0 amide bonds. The summed E-state index contributed by atoms with van der Waals surface area (Å²) in [6, 6.07) is 4.16. The Bertz CT molecular complexity index is 667. The standard InChI is InChI=1S/C15H15ClFNO3/c1-4-20-15(19)13-12(8(2)3)18-14(21-13)10-6-5-9(16)7-11(10)17/h5-8H,4H2,1-3H3. The van der Waals surface area contributed by atoms with Gasteiger partial charge in [-0.2, -0.15) is 0 Å². The lowest BCUT2D eigenvalue weighted by molar-refractivity contribution is 0.0488. The van der Waals surface area contributed by atoms with Crippen LogP contribution in [0.2, 0.25) is 5.02 Å². The van der Waals surface area contributed by atoms with E-state index >= 15 is 0 Å². The number of carbonyl (C=O) groups is 1. The number of oxazole rings is 1. The van der Waals surface area contributed by atoms with Crippen LogP contribution in [0.15, 0.2) is 22.6 Å². The summed E-state index contributed by atoms with van der Waals surface area (Å²) in [4.78, 5) is 16.1. The molecule has 2 aromatic rings. The Balaban J connectivity index is 2.51. The van der Waals surface area contributed by atoms with E-state index in [-0.39, 0.29) is 34.8 Å². The number of rotatable bonds is 4. The number of esters is 1. The zero-order chi connectivity index (χ0) is 15.6. The maximum Gasteiger partial charge on any atom is 0.376 e. The molecular formula is C15H15ClFNO3. The van der Waals surface area contributed by atoms with E-state index < -0.39 is 11.8 Å². The topological polar surface area (TPSA) is 52.3 Å². The van der Waals surface area contributed by atoms with Gasteiger partial charge in [-0.1, -0.05) is 25.4 Å². The molecule has 2 rings (SSSR count). The van der Waals surface area contributed by atoms with Crippen LogP contribution in [0.5, 0.6) is 0 Å². The third-order valence-electron chi connectivity index (χ3n) is 2.82. The van der Waals surface area contributed by atoms with Crippen LogP contribution in [0.1, 0.15) is 42.9 Å². The Hall–Kier alpha value is -1.88. The zero-order valence-electron chi connectivity index (χ0n) is 11.9. The van der Waals surface area contributed by atoms with Gasteiger partial charge in [0.15, 0.2) is 0 Å². The molecule has 21 heavy (non-hydrogen) atoms. The monoisotopic (exact) mass is 311 g/mol. The van der Waals surface area contributed by atoms with Crippen LogP contribution in [0.3, 0.4) is 0 Å². The largest absolute Gasteiger partial charge is 0.460 e. The van der Waals surface area contributed by atoms with Gasteiger partial charge in [-0.05, 0) is 31.0 Å². The van der Waals surface area contributed by atoms with Gasteiger partial charge in [0.2, 0.25) is 11.7 Å². The van der Waals surface area contributed by atoms with Gasteiger partial charge in [-0.25, -0.2) is 14.2 Å². The third kappa shape index (κ3) is 3.24. The average Bonchev–Trinajstić information content (AvgIpc) is 2.84. The summed E-state index contributed by atoms with van der Waals surface area (Å²) >= 11 is 5.72. The molecule has 0 radical (unpaired) electrons. The Kier molecular flexibility index (Phi) is 4.63. The van der Waals surface area contributed by atoms with Crippen molar-refractivity contribution < 1.29 is 18.3 Å². The lowest BCUT2D eigenvalue weighted by Gasteiger charge is -2.02. The van der Waals surface area contributed by atoms with Crippen molar-refractivity contribution in [3.63, 3.8) is 0 Å². The smallest absolute Gasteiger partial charge is 0.376 e. The normalized spacial score (nSPS) is 11.0. The van der Waals surface area contributed by atoms with E-state index in [9.17, 15) is 9.18 Å². The first-order valence-electron chi connectivity index (χ1n) is 6.57. The quantitative estimate of drug-likeness (QED) is 0.784. The van der Waals surface area contributed by atoms with Crippen molar-refractivity contribution >= 4 is 17.6 Å². The fraction of sp³-hybridized carbons (Fsp3) is 0.333. The van der Waals surface area contributed by atoms with Crippen molar-refractivity contribution in [2.24, 2.45) is 0 Å². The third-order valence-corrected chi connectivity index (χ3v) is 3.06. The Morgan fingerprint density at radius 1 is 1.48 bits per heavy atom. The first kappa shape index (κ1) is 15.5. The number of nitrogens with zero attached hydrogens (tertiary/aromatic N) is 1. The van der Waals surface area contributed by atoms with Gasteiger partial charge in [0.25, 0.3) is 0 Å². The molecule has 6 heteroatoms. The summed E-state index contributed by atoms with van der Waals surface area (Å²) in [5.41, 5.74) is 0.592. The number of hydrogen-bond donors (Lipinski definition) is 0. The second kappa shape index (κ2) is 6.26. The Morgan fingerprint density at radius 2 is 2.19 bits per heavy atom. The van der Waals surface area contributed by atoms with Crippen molar-refractivity contribution in [1.82, 2.24) is 4.98 Å². The molecule has 1 aromatic heterocycles. The molecule has 0 fully saturated rings. The minimum atomic E-state index is -0.602. The van der Waals surface area contributed by atoms with Crippen LogP contribution >= 0.6 is 11.6 Å². The van der Waals surface area contributed by atoms with Gasteiger partial charge in [0, 0.05) is 5.02 Å². The lowest BCUT2D eigenvalue weighted by Crippen LogP contribution is -2.07. The Morgan fingerprint density at radius 3 is 2.76 bits per heavy atom. The molecule has 0 saturated heterocycles. The number of ether oxygens (including phenoxy) is 1. The van der Waals surface area contributed by atoms with E-state index in [1.54, 1.807) is 6.92 Å². The molecule has 0 aliphatic carbocycles. The average molecular weight is 312 g/mol. The molecule has 0 aliphatic heterocycles. The SMILES string of the molecule is CCOC(=O)c1oc(-c2ccc(Cl)cc2F)nc1C(C)C. The molecule has 0 spiro atoms. The van der Waals surface area contributed by atoms with Crippen molar-refractivity contribution in [3.8, 4) is 11.5 Å². The highest BCUT2D eigenvalue weighted by atomic mass is 35.5. The molecule has 0 N–H and O–H groups in total. The highest BCUT2D eigenvalue weighted by Crippen LogP contribution is 2.29. The predicted octanol–water partition coefficient (Wildman–Crippen LogP) is 4.43. The van der Waals surface area contributed by atoms with Crippen molar-refractivity contribution in [2.75, 3.05) is 6.61 Å². The highest BCUT2D eigenvalue weighted by Gasteiger charge is 2.25. The summed E-state index contributed by atoms with van der Waals surface area (Å²) < 4.78 is 24.3. The molecule has 1 aromatic carbocycles. The molecular weight excluding hydrogens is 297 g/mol. The van der Waals surface area contributed by atoms with Crippen molar-refractivity contribution in [1.29, 1.82) is 0 Å². The van der Waals surface area contributed by atoms with Crippen molar-refractivity contribution in [3.05, 3.63) is 40.5 Å². The molecule has 0 aliphatic rings. The first-order valence-corrected chi connectivity index (χ1v) is 6.95. The second-order valence-electron chi connectivity index (χ2n) is 4.73. The van der Waals surface area contributed by atoms with E-state index in [1.165, 1.54) is 18.2 Å². The van der Waals surface area contributed by atoms with Crippen molar-refractivity contribution in [2.45, 2.75) is 26.7 Å². The van der Waals surface area contributed by atoms with Gasteiger partial charge in [-0.3, -0.25) is 0 Å². The van der Waals surface area contributed by atoms with Gasteiger partial charge in [0.1, 0.15) is 5.82 Å². The van der Waals surface area contributed by atoms with Crippen LogP contribution in [0.4, 0.5) is 4.39 Å². The minimum absolute atomic E-state index is 0.0104. The van der Waals surface area contributed by atoms with Crippen LogP contribution in [0.25, 0.3) is 11.5 Å². The molecule has 0 unspecified atom stereocenters. The summed E-state index contributed by atoms with van der Waals surface area (Å²) in [6.45, 7) is 5.65. The van der Waals surface area contributed by atoms with Gasteiger partial charge >= 0.3 is 5.97 Å². The number of benzene rings is 1. The van der Waals surface area contributed by atoms with E-state index in [0.29, 0.717) is 5.69 Å². The van der Waals surface area contributed by atoms with Gasteiger partial charge < -0.3 is 9.15 Å². The number of halogens is 2. The van der Waals surface area contributed by atoms with E-state index in [0.717, 1.165) is 0 Å². The van der Waals surface area contributed by atoms with Gasteiger partial charge in [0.05, 0.1) is 17.9 Å². The summed E-state index contributed by atoms with van der Waals surface area (Å²) in [5, 5.41) is 0.275. The van der Waals surface area contributed by atoms with Crippen LogP contribution < -0.4 is 0 Å². The summed E-state index contributed by atoms with van der Waals surface area (Å²) in [6.07, 6.45) is 0. The van der Waals surface area contributed by atoms with E-state index in [2.05, 4.69) is 4.98 Å². The number of aromatic nitrogens is 1. The molecule has 4 nitrogen and oxygen atoms in total. The number of carbonyl (C=O) groups excluding carboxylic acids is 1. The zero-order valence-corrected chi connectivity index (χ0v) is 12.7.